The van der Waals surface area contributed by atoms with Gasteiger partial charge < -0.3 is 14.2 Å². The van der Waals surface area contributed by atoms with E-state index < -0.39 is 0 Å². The molecule has 5 heteroatoms. The molecule has 0 fully saturated rings. The molecule has 150 valence electrons. The Morgan fingerprint density at radius 1 is 1.07 bits per heavy atom. The zero-order valence-electron chi connectivity index (χ0n) is 17.4. The summed E-state index contributed by atoms with van der Waals surface area (Å²) in [6.45, 7) is 8.89. The Morgan fingerprint density at radius 2 is 1.83 bits per heavy atom. The first-order valence-electron chi connectivity index (χ1n) is 10.00. The highest BCUT2D eigenvalue weighted by Crippen LogP contribution is 2.30. The second-order valence-electron chi connectivity index (χ2n) is 7.87. The minimum Gasteiger partial charge on any atom is -0.489 e. The monoisotopic (exact) mass is 390 g/mol. The molecule has 1 aliphatic heterocycles. The lowest BCUT2D eigenvalue weighted by atomic mass is 9.99. The Balaban J connectivity index is 1.60. The molecule has 0 N–H and O–H groups in total. The highest BCUT2D eigenvalue weighted by Gasteiger charge is 2.29. The van der Waals surface area contributed by atoms with Crippen molar-refractivity contribution in [2.24, 2.45) is 0 Å². The number of nitrogens with zero attached hydrogens (tertiary/aromatic N) is 2. The van der Waals surface area contributed by atoms with Gasteiger partial charge in [0.15, 0.2) is 5.69 Å². The van der Waals surface area contributed by atoms with Gasteiger partial charge in [-0.1, -0.05) is 28.9 Å². The van der Waals surface area contributed by atoms with Crippen LogP contribution in [0.3, 0.4) is 0 Å². The molecule has 1 amide bonds. The third kappa shape index (κ3) is 3.90. The van der Waals surface area contributed by atoms with E-state index in [1.54, 1.807) is 0 Å². The summed E-state index contributed by atoms with van der Waals surface area (Å²) in [7, 11) is 0. The lowest BCUT2D eigenvalue weighted by molar-refractivity contribution is 0.0974. The van der Waals surface area contributed by atoms with Crippen molar-refractivity contribution in [3.05, 3.63) is 75.7 Å². The van der Waals surface area contributed by atoms with Gasteiger partial charge in [-0.15, -0.1) is 0 Å². The van der Waals surface area contributed by atoms with Crippen molar-refractivity contribution < 1.29 is 14.1 Å². The molecule has 1 aliphatic rings. The van der Waals surface area contributed by atoms with Crippen LogP contribution in [-0.4, -0.2) is 17.6 Å². The van der Waals surface area contributed by atoms with E-state index in [0.29, 0.717) is 23.6 Å². The second kappa shape index (κ2) is 7.74. The number of anilines is 1. The summed E-state index contributed by atoms with van der Waals surface area (Å²) in [6, 6.07) is 12.3. The first-order chi connectivity index (χ1) is 13.9. The van der Waals surface area contributed by atoms with Crippen LogP contribution in [0.2, 0.25) is 0 Å². The molecule has 0 atom stereocenters. The fraction of sp³-hybridized carbons (Fsp3) is 0.333. The van der Waals surface area contributed by atoms with E-state index in [-0.39, 0.29) is 12.5 Å². The third-order valence-corrected chi connectivity index (χ3v) is 5.36. The number of amides is 1. The third-order valence-electron chi connectivity index (χ3n) is 5.36. The van der Waals surface area contributed by atoms with Crippen LogP contribution in [0.15, 0.2) is 40.9 Å². The molecule has 3 aromatic rings. The van der Waals surface area contributed by atoms with Crippen LogP contribution in [0.4, 0.5) is 5.69 Å². The molecule has 0 aliphatic carbocycles. The van der Waals surface area contributed by atoms with Crippen LogP contribution in [-0.2, 0) is 13.0 Å². The average Bonchev–Trinajstić information content (AvgIpc) is 3.05. The van der Waals surface area contributed by atoms with Crippen LogP contribution in [0.1, 0.15) is 50.5 Å². The molecule has 4 rings (SSSR count). The molecular formula is C24H26N2O3. The predicted octanol–water partition coefficient (Wildman–Crippen LogP) is 5.08. The summed E-state index contributed by atoms with van der Waals surface area (Å²) in [5, 5.41) is 4.08. The predicted molar refractivity (Wildman–Crippen MR) is 113 cm³/mol. The van der Waals surface area contributed by atoms with Gasteiger partial charge >= 0.3 is 0 Å². The molecule has 0 spiro atoms. The van der Waals surface area contributed by atoms with Crippen molar-refractivity contribution in [2.45, 2.75) is 47.1 Å². The van der Waals surface area contributed by atoms with E-state index in [2.05, 4.69) is 24.2 Å². The topological polar surface area (TPSA) is 55.6 Å². The van der Waals surface area contributed by atoms with E-state index in [1.165, 1.54) is 11.1 Å². The van der Waals surface area contributed by atoms with Crippen LogP contribution < -0.4 is 9.64 Å². The Morgan fingerprint density at radius 3 is 2.59 bits per heavy atom. The molecule has 0 radical (unpaired) electrons. The zero-order chi connectivity index (χ0) is 20.5. The SMILES string of the molecule is Cc1cc(C)cc(OCc2c(C(=O)N3CCCc4cc(C)ccc43)noc2C)c1. The highest BCUT2D eigenvalue weighted by molar-refractivity contribution is 6.06. The number of hydrogen-bond acceptors (Lipinski definition) is 4. The van der Waals surface area contributed by atoms with Gasteiger partial charge in [-0.05, 0) is 75.4 Å². The molecule has 0 bridgehead atoms. The minimum atomic E-state index is -0.134. The number of hydrogen-bond donors (Lipinski definition) is 0. The number of fused-ring (bicyclic) bond motifs is 1. The van der Waals surface area contributed by atoms with Gasteiger partial charge in [-0.2, -0.15) is 0 Å². The lowest BCUT2D eigenvalue weighted by Crippen LogP contribution is -2.36. The average molecular weight is 390 g/mol. The van der Waals surface area contributed by atoms with Gasteiger partial charge in [0.1, 0.15) is 18.1 Å². The summed E-state index contributed by atoms with van der Waals surface area (Å²) in [5.74, 6) is 1.25. The van der Waals surface area contributed by atoms with Crippen molar-refractivity contribution in [2.75, 3.05) is 11.4 Å². The van der Waals surface area contributed by atoms with Crippen molar-refractivity contribution in [3.63, 3.8) is 0 Å². The molecule has 5 nitrogen and oxygen atoms in total. The first-order valence-corrected chi connectivity index (χ1v) is 10.00. The number of benzene rings is 2. The molecule has 2 aromatic carbocycles. The largest absolute Gasteiger partial charge is 0.489 e. The molecule has 0 unspecified atom stereocenters. The Bertz CT molecular complexity index is 1050. The molecule has 29 heavy (non-hydrogen) atoms. The Hall–Kier alpha value is -3.08. The number of rotatable bonds is 4. The summed E-state index contributed by atoms with van der Waals surface area (Å²) in [5.41, 5.74) is 6.69. The van der Waals surface area contributed by atoms with Crippen molar-refractivity contribution in [1.29, 1.82) is 0 Å². The summed E-state index contributed by atoms with van der Waals surface area (Å²) in [6.07, 6.45) is 1.93. The molecular weight excluding hydrogens is 364 g/mol. The van der Waals surface area contributed by atoms with Crippen LogP contribution in [0.5, 0.6) is 5.75 Å². The van der Waals surface area contributed by atoms with E-state index in [1.807, 2.05) is 49.9 Å². The maximum Gasteiger partial charge on any atom is 0.280 e. The standard InChI is InChI=1S/C24H26N2O3/c1-15-7-8-22-19(11-15)6-5-9-26(22)24(27)23-21(18(4)29-25-23)14-28-20-12-16(2)10-17(3)13-20/h7-8,10-13H,5-6,9,14H2,1-4H3. The van der Waals surface area contributed by atoms with Crippen molar-refractivity contribution in [3.8, 4) is 5.75 Å². The number of ether oxygens (including phenoxy) is 1. The van der Waals surface area contributed by atoms with Gasteiger partial charge in [-0.3, -0.25) is 4.79 Å². The van der Waals surface area contributed by atoms with Crippen molar-refractivity contribution >= 4 is 11.6 Å². The van der Waals surface area contributed by atoms with Gasteiger partial charge in [-0.25, -0.2) is 0 Å². The smallest absolute Gasteiger partial charge is 0.280 e. The number of aromatic nitrogens is 1. The molecule has 2 heterocycles. The maximum absolute atomic E-state index is 13.3. The molecule has 0 saturated carbocycles. The Labute approximate surface area is 171 Å². The first kappa shape index (κ1) is 19.2. The molecule has 1 aromatic heterocycles. The lowest BCUT2D eigenvalue weighted by Gasteiger charge is -2.29. The van der Waals surface area contributed by atoms with Crippen LogP contribution in [0.25, 0.3) is 0 Å². The summed E-state index contributed by atoms with van der Waals surface area (Å²) >= 11 is 0. The summed E-state index contributed by atoms with van der Waals surface area (Å²) < 4.78 is 11.4. The van der Waals surface area contributed by atoms with E-state index in [4.69, 9.17) is 9.26 Å². The fourth-order valence-corrected chi connectivity index (χ4v) is 3.97. The summed E-state index contributed by atoms with van der Waals surface area (Å²) in [4.78, 5) is 15.2. The second-order valence-corrected chi connectivity index (χ2v) is 7.87. The quantitative estimate of drug-likeness (QED) is 0.623. The zero-order valence-corrected chi connectivity index (χ0v) is 17.4. The van der Waals surface area contributed by atoms with E-state index in [9.17, 15) is 4.79 Å². The van der Waals surface area contributed by atoms with Crippen LogP contribution >= 0.6 is 0 Å². The van der Waals surface area contributed by atoms with Crippen molar-refractivity contribution in [1.82, 2.24) is 5.16 Å². The number of carbonyl (C=O) groups is 1. The minimum absolute atomic E-state index is 0.134. The number of carbonyl (C=O) groups excluding carboxylic acids is 1. The number of aryl methyl sites for hydroxylation is 5. The van der Waals surface area contributed by atoms with Gasteiger partial charge in [0.25, 0.3) is 5.91 Å². The van der Waals surface area contributed by atoms with Crippen LogP contribution in [0, 0.1) is 27.7 Å². The normalized spacial score (nSPS) is 13.3. The fourth-order valence-electron chi connectivity index (χ4n) is 3.97. The van der Waals surface area contributed by atoms with Gasteiger partial charge in [0.05, 0.1) is 5.56 Å². The van der Waals surface area contributed by atoms with E-state index in [0.717, 1.165) is 35.4 Å². The van der Waals surface area contributed by atoms with Gasteiger partial charge in [0, 0.05) is 12.2 Å². The highest BCUT2D eigenvalue weighted by atomic mass is 16.5. The van der Waals surface area contributed by atoms with Gasteiger partial charge in [0.2, 0.25) is 0 Å². The maximum atomic E-state index is 13.3. The van der Waals surface area contributed by atoms with E-state index >= 15 is 0 Å². The molecule has 0 saturated heterocycles. The Kier molecular flexibility index (Phi) is 5.14.